The van der Waals surface area contributed by atoms with Gasteiger partial charge in [-0.05, 0) is 25.2 Å². The van der Waals surface area contributed by atoms with E-state index in [4.69, 9.17) is 0 Å². The Kier molecular flexibility index (Phi) is 21.8. The number of likely N-dealkylation sites (tertiary alicyclic amines) is 1. The number of unbranched alkanes of at least 4 members (excludes halogenated alkanes) is 1. The number of hydrogen-bond donors (Lipinski definition) is 1. The molecule has 1 saturated heterocycles. The van der Waals surface area contributed by atoms with Crippen molar-refractivity contribution in [1.82, 2.24) is 11.1 Å². The van der Waals surface area contributed by atoms with Crippen molar-refractivity contribution in [3.63, 3.8) is 0 Å². The molecule has 1 fully saturated rings. The van der Waals surface area contributed by atoms with Crippen LogP contribution in [0.15, 0.2) is 0 Å². The van der Waals surface area contributed by atoms with E-state index in [9.17, 15) is 9.59 Å². The number of carbonyl (C=O) groups is 2. The van der Waals surface area contributed by atoms with Gasteiger partial charge in [0.15, 0.2) is 0 Å². The lowest BCUT2D eigenvalue weighted by atomic mass is 9.99. The van der Waals surface area contributed by atoms with Crippen LogP contribution < -0.4 is 6.15 Å². The van der Waals surface area contributed by atoms with Crippen molar-refractivity contribution in [2.24, 2.45) is 5.92 Å². The molecule has 3 N–H and O–H groups in total. The molecule has 1 amide bonds. The molecule has 0 bridgehead atoms. The minimum Gasteiger partial charge on any atom is -0.344 e. The van der Waals surface area contributed by atoms with Crippen molar-refractivity contribution in [2.45, 2.75) is 73.1 Å². The smallest absolute Gasteiger partial charge is 0.222 e. The Morgan fingerprint density at radius 3 is 2.10 bits per heavy atom. The lowest BCUT2D eigenvalue weighted by Crippen LogP contribution is -2.37. The molecule has 1 aliphatic rings. The molecule has 0 atom stereocenters. The fraction of sp³-hybridized carbons (Fsp3) is 0.875. The quantitative estimate of drug-likeness (QED) is 0.613. The molecule has 0 aromatic carbocycles. The standard InChI is InChI=1S/C11H19NO2.C3H8.C2H6.H3N.H2/c1-10-5-7-12(8-6-10)11(14)4-2-3-9-13;1-3-2;1-2;;/h9-10H,2-8H2,1H3;3H2,1-2H3;1-2H3;1H3;1H. The monoisotopic (exact) mass is 290 g/mol. The summed E-state index contributed by atoms with van der Waals surface area (Å²) >= 11 is 0. The first-order chi connectivity index (χ1) is 9.15. The van der Waals surface area contributed by atoms with Gasteiger partial charge in [0.25, 0.3) is 0 Å². The third-order valence-corrected chi connectivity index (χ3v) is 2.85. The summed E-state index contributed by atoms with van der Waals surface area (Å²) in [5.74, 6) is 0.979. The maximum Gasteiger partial charge on any atom is 0.222 e. The number of nitrogens with zero attached hydrogens (tertiary/aromatic N) is 1. The second kappa shape index (κ2) is 18.1. The molecule has 124 valence electrons. The molecular formula is C16H38N2O2. The molecular weight excluding hydrogens is 252 g/mol. The highest BCUT2D eigenvalue weighted by Crippen LogP contribution is 2.16. The predicted octanol–water partition coefficient (Wildman–Crippen LogP) is 4.46. The molecule has 0 radical (unpaired) electrons. The Bertz CT molecular complexity index is 218. The van der Waals surface area contributed by atoms with E-state index in [1.165, 1.54) is 6.42 Å². The maximum atomic E-state index is 11.6. The van der Waals surface area contributed by atoms with Gasteiger partial charge in [-0.1, -0.05) is 41.0 Å². The minimum absolute atomic E-state index is 0. The second-order valence-corrected chi connectivity index (χ2v) is 4.83. The van der Waals surface area contributed by atoms with Crippen LogP contribution in [0.5, 0.6) is 0 Å². The van der Waals surface area contributed by atoms with E-state index in [0.29, 0.717) is 19.3 Å². The zero-order valence-corrected chi connectivity index (χ0v) is 14.3. The van der Waals surface area contributed by atoms with Crippen molar-refractivity contribution >= 4 is 12.2 Å². The molecule has 0 saturated carbocycles. The summed E-state index contributed by atoms with van der Waals surface area (Å²) in [6, 6.07) is 0. The highest BCUT2D eigenvalue weighted by molar-refractivity contribution is 5.76. The minimum atomic E-state index is 0. The average Bonchev–Trinajstić information content (AvgIpc) is 2.43. The average molecular weight is 290 g/mol. The number of hydrogen-bond acceptors (Lipinski definition) is 3. The highest BCUT2D eigenvalue weighted by Gasteiger charge is 2.19. The molecule has 4 nitrogen and oxygen atoms in total. The summed E-state index contributed by atoms with van der Waals surface area (Å²) < 4.78 is 0. The molecule has 0 spiro atoms. The van der Waals surface area contributed by atoms with Crippen LogP contribution in [0, 0.1) is 5.92 Å². The zero-order chi connectivity index (χ0) is 15.1. The summed E-state index contributed by atoms with van der Waals surface area (Å²) in [5, 5.41) is 0. The lowest BCUT2D eigenvalue weighted by molar-refractivity contribution is -0.132. The van der Waals surface area contributed by atoms with E-state index in [1.54, 1.807) is 0 Å². The van der Waals surface area contributed by atoms with Crippen molar-refractivity contribution in [3.8, 4) is 0 Å². The maximum absolute atomic E-state index is 11.6. The molecule has 4 heteroatoms. The number of carbonyl (C=O) groups excluding carboxylic acids is 2. The van der Waals surface area contributed by atoms with Crippen molar-refractivity contribution < 1.29 is 11.0 Å². The van der Waals surface area contributed by atoms with Crippen LogP contribution in [-0.4, -0.2) is 30.2 Å². The summed E-state index contributed by atoms with van der Waals surface area (Å²) in [7, 11) is 0. The van der Waals surface area contributed by atoms with E-state index >= 15 is 0 Å². The fourth-order valence-corrected chi connectivity index (χ4v) is 1.75. The van der Waals surface area contributed by atoms with Gasteiger partial charge >= 0.3 is 0 Å². The van der Waals surface area contributed by atoms with Crippen LogP contribution in [0.25, 0.3) is 0 Å². The van der Waals surface area contributed by atoms with Gasteiger partial charge in [0.05, 0.1) is 0 Å². The first-order valence-electron chi connectivity index (χ1n) is 7.87. The van der Waals surface area contributed by atoms with Gasteiger partial charge in [-0.3, -0.25) is 4.79 Å². The molecule has 1 heterocycles. The Balaban J connectivity index is -0.000000184. The van der Waals surface area contributed by atoms with Crippen molar-refractivity contribution in [3.05, 3.63) is 0 Å². The lowest BCUT2D eigenvalue weighted by Gasteiger charge is -2.30. The van der Waals surface area contributed by atoms with E-state index in [0.717, 1.165) is 38.1 Å². The van der Waals surface area contributed by atoms with E-state index in [2.05, 4.69) is 20.8 Å². The zero-order valence-electron chi connectivity index (χ0n) is 14.3. The SMILES string of the molecule is CC.CC1CCN(C(=O)CCCC=O)CC1.CCC.N.[HH]. The first kappa shape index (κ1) is 24.1. The summed E-state index contributed by atoms with van der Waals surface area (Å²) in [6.45, 7) is 12.3. The van der Waals surface area contributed by atoms with Gasteiger partial charge in [0, 0.05) is 27.4 Å². The largest absolute Gasteiger partial charge is 0.344 e. The van der Waals surface area contributed by atoms with E-state index in [-0.39, 0.29) is 13.5 Å². The summed E-state index contributed by atoms with van der Waals surface area (Å²) in [5.41, 5.74) is 0. The van der Waals surface area contributed by atoms with Crippen molar-refractivity contribution in [2.75, 3.05) is 13.1 Å². The van der Waals surface area contributed by atoms with Gasteiger partial charge in [-0.15, -0.1) is 0 Å². The Morgan fingerprint density at radius 1 is 1.25 bits per heavy atom. The molecule has 0 aliphatic carbocycles. The normalized spacial score (nSPS) is 13.9. The molecule has 0 unspecified atom stereocenters. The van der Waals surface area contributed by atoms with Crippen LogP contribution in [0.2, 0.25) is 0 Å². The number of aldehydes is 1. The van der Waals surface area contributed by atoms with Gasteiger partial charge in [-0.25, -0.2) is 0 Å². The third kappa shape index (κ3) is 13.5. The number of piperidine rings is 1. The molecule has 1 aliphatic heterocycles. The Hall–Kier alpha value is -0.900. The van der Waals surface area contributed by atoms with Gasteiger partial charge in [0.1, 0.15) is 6.29 Å². The van der Waals surface area contributed by atoms with Gasteiger partial charge < -0.3 is 15.8 Å². The van der Waals surface area contributed by atoms with Gasteiger partial charge in [0.2, 0.25) is 5.91 Å². The second-order valence-electron chi connectivity index (χ2n) is 4.83. The summed E-state index contributed by atoms with van der Waals surface area (Å²) in [6.07, 6.45) is 6.13. The molecule has 20 heavy (non-hydrogen) atoms. The Morgan fingerprint density at radius 2 is 1.70 bits per heavy atom. The van der Waals surface area contributed by atoms with Gasteiger partial charge in [-0.2, -0.15) is 0 Å². The topological polar surface area (TPSA) is 72.4 Å². The fourth-order valence-electron chi connectivity index (χ4n) is 1.75. The van der Waals surface area contributed by atoms with Crippen LogP contribution in [0.4, 0.5) is 0 Å². The molecule has 0 aromatic rings. The van der Waals surface area contributed by atoms with Crippen LogP contribution in [0.3, 0.4) is 0 Å². The van der Waals surface area contributed by atoms with Crippen LogP contribution in [-0.2, 0) is 9.59 Å². The Labute approximate surface area is 127 Å². The van der Waals surface area contributed by atoms with E-state index in [1.807, 2.05) is 18.7 Å². The highest BCUT2D eigenvalue weighted by atomic mass is 16.2. The predicted molar refractivity (Wildman–Crippen MR) is 89.3 cm³/mol. The van der Waals surface area contributed by atoms with Crippen LogP contribution >= 0.6 is 0 Å². The summed E-state index contributed by atoms with van der Waals surface area (Å²) in [4.78, 5) is 23.6. The number of rotatable bonds is 4. The third-order valence-electron chi connectivity index (χ3n) is 2.85. The van der Waals surface area contributed by atoms with E-state index < -0.39 is 0 Å². The van der Waals surface area contributed by atoms with Crippen LogP contribution in [0.1, 0.15) is 74.6 Å². The molecule has 0 aromatic heterocycles. The first-order valence-corrected chi connectivity index (χ1v) is 7.87. The number of amides is 1. The van der Waals surface area contributed by atoms with Crippen molar-refractivity contribution in [1.29, 1.82) is 0 Å². The molecule has 1 rings (SSSR count).